The highest BCUT2D eigenvalue weighted by Gasteiger charge is 2.40. The van der Waals surface area contributed by atoms with Crippen LogP contribution in [0.15, 0.2) is 0 Å². The Kier molecular flexibility index (Phi) is 3.50. The molecule has 0 aromatic heterocycles. The normalized spacial score (nSPS) is 34.7. The summed E-state index contributed by atoms with van der Waals surface area (Å²) in [5, 5.41) is 0. The van der Waals surface area contributed by atoms with E-state index in [2.05, 4.69) is 0 Å². The average molecular weight is 264 g/mol. The first kappa shape index (κ1) is 12.9. The highest BCUT2D eigenvalue weighted by atomic mass is 16.2. The van der Waals surface area contributed by atoms with Gasteiger partial charge in [0.05, 0.1) is 0 Å². The van der Waals surface area contributed by atoms with Gasteiger partial charge in [0.25, 0.3) is 0 Å². The van der Waals surface area contributed by atoms with Crippen molar-refractivity contribution in [2.24, 2.45) is 29.4 Å². The number of hydrogen-bond acceptors (Lipinski definition) is 2. The quantitative estimate of drug-likeness (QED) is 0.840. The zero-order valence-electron chi connectivity index (χ0n) is 11.5. The molecule has 4 heteroatoms. The maximum absolute atomic E-state index is 12.3. The van der Waals surface area contributed by atoms with Crippen LogP contribution in [0.2, 0.25) is 0 Å². The number of fused-ring (bicyclic) bond motifs is 2. The molecule has 2 saturated carbocycles. The van der Waals surface area contributed by atoms with Gasteiger partial charge >= 0.3 is 0 Å². The summed E-state index contributed by atoms with van der Waals surface area (Å²) in [5.41, 5.74) is 5.32. The predicted octanol–water partition coefficient (Wildman–Crippen LogP) is 1.54. The number of amides is 2. The fourth-order valence-corrected chi connectivity index (χ4v) is 4.39. The highest BCUT2D eigenvalue weighted by Crippen LogP contribution is 2.49. The lowest BCUT2D eigenvalue weighted by Crippen LogP contribution is -2.42. The van der Waals surface area contributed by atoms with Gasteiger partial charge in [0, 0.05) is 25.4 Å². The lowest BCUT2D eigenvalue weighted by atomic mass is 9.86. The van der Waals surface area contributed by atoms with Crippen LogP contribution in [0.5, 0.6) is 0 Å². The fraction of sp³-hybridized carbons (Fsp3) is 0.867. The number of nitrogens with two attached hydrogens (primary N) is 1. The molecule has 3 aliphatic rings. The number of carbonyl (C=O) groups is 2. The maximum Gasteiger partial charge on any atom is 0.222 e. The van der Waals surface area contributed by atoms with Crippen molar-refractivity contribution in [2.45, 2.75) is 44.9 Å². The largest absolute Gasteiger partial charge is 0.369 e. The number of piperidine rings is 1. The van der Waals surface area contributed by atoms with Crippen LogP contribution in [0.25, 0.3) is 0 Å². The van der Waals surface area contributed by atoms with E-state index in [9.17, 15) is 9.59 Å². The van der Waals surface area contributed by atoms with Crippen LogP contribution in [0.4, 0.5) is 0 Å². The standard InChI is InChI=1S/C15H24N2O2/c16-15(19)11-3-5-17(6-4-11)14(18)9-13-8-10-1-2-12(13)7-10/h10-13H,1-9H2,(H2,16,19)/t10-,12+,13-/m0/s1. The van der Waals surface area contributed by atoms with Crippen molar-refractivity contribution >= 4 is 11.8 Å². The molecule has 2 bridgehead atoms. The molecule has 4 nitrogen and oxygen atoms in total. The lowest BCUT2D eigenvalue weighted by molar-refractivity contribution is -0.136. The summed E-state index contributed by atoms with van der Waals surface area (Å²) < 4.78 is 0. The molecule has 1 saturated heterocycles. The molecule has 19 heavy (non-hydrogen) atoms. The first-order valence-corrected chi connectivity index (χ1v) is 7.70. The van der Waals surface area contributed by atoms with Gasteiger partial charge in [-0.05, 0) is 49.9 Å². The number of primary amides is 1. The van der Waals surface area contributed by atoms with E-state index in [0.717, 1.165) is 31.1 Å². The Bertz CT molecular complexity index is 374. The second kappa shape index (κ2) is 5.14. The van der Waals surface area contributed by atoms with Gasteiger partial charge in [0.2, 0.25) is 11.8 Å². The smallest absolute Gasteiger partial charge is 0.222 e. The van der Waals surface area contributed by atoms with Crippen molar-refractivity contribution in [1.82, 2.24) is 4.90 Å². The van der Waals surface area contributed by atoms with Crippen molar-refractivity contribution in [3.8, 4) is 0 Å². The molecule has 2 N–H and O–H groups in total. The number of rotatable bonds is 3. The average Bonchev–Trinajstić information content (AvgIpc) is 3.01. The van der Waals surface area contributed by atoms with Gasteiger partial charge in [-0.25, -0.2) is 0 Å². The number of likely N-dealkylation sites (tertiary alicyclic amines) is 1. The molecular weight excluding hydrogens is 240 g/mol. The number of carbonyl (C=O) groups excluding carboxylic acids is 2. The fourth-order valence-electron chi connectivity index (χ4n) is 4.39. The summed E-state index contributed by atoms with van der Waals surface area (Å²) in [5.74, 6) is 2.44. The van der Waals surface area contributed by atoms with Crippen LogP contribution < -0.4 is 5.73 Å². The minimum Gasteiger partial charge on any atom is -0.369 e. The van der Waals surface area contributed by atoms with Gasteiger partial charge in [-0.2, -0.15) is 0 Å². The van der Waals surface area contributed by atoms with Crippen LogP contribution in [0.1, 0.15) is 44.9 Å². The van der Waals surface area contributed by atoms with Gasteiger partial charge in [-0.3, -0.25) is 9.59 Å². The lowest BCUT2D eigenvalue weighted by Gasteiger charge is -2.32. The third kappa shape index (κ3) is 2.63. The van der Waals surface area contributed by atoms with E-state index >= 15 is 0 Å². The molecule has 2 aliphatic carbocycles. The molecule has 3 atom stereocenters. The molecule has 1 heterocycles. The van der Waals surface area contributed by atoms with E-state index in [4.69, 9.17) is 5.73 Å². The Morgan fingerprint density at radius 2 is 1.79 bits per heavy atom. The monoisotopic (exact) mass is 264 g/mol. The summed E-state index contributed by atoms with van der Waals surface area (Å²) >= 11 is 0. The summed E-state index contributed by atoms with van der Waals surface area (Å²) in [7, 11) is 0. The molecule has 106 valence electrons. The van der Waals surface area contributed by atoms with E-state index in [-0.39, 0.29) is 11.8 Å². The second-order valence-corrected chi connectivity index (χ2v) is 6.70. The Morgan fingerprint density at radius 1 is 1.05 bits per heavy atom. The Labute approximate surface area is 114 Å². The first-order valence-electron chi connectivity index (χ1n) is 7.70. The second-order valence-electron chi connectivity index (χ2n) is 6.70. The van der Waals surface area contributed by atoms with Crippen molar-refractivity contribution in [3.05, 3.63) is 0 Å². The molecule has 0 aromatic rings. The number of nitrogens with zero attached hydrogens (tertiary/aromatic N) is 1. The van der Waals surface area contributed by atoms with Crippen molar-refractivity contribution in [2.75, 3.05) is 13.1 Å². The zero-order valence-corrected chi connectivity index (χ0v) is 11.5. The highest BCUT2D eigenvalue weighted by molar-refractivity contribution is 5.79. The summed E-state index contributed by atoms with van der Waals surface area (Å²) in [6.45, 7) is 1.43. The van der Waals surface area contributed by atoms with E-state index in [1.54, 1.807) is 0 Å². The van der Waals surface area contributed by atoms with E-state index in [0.29, 0.717) is 24.9 Å². The third-order valence-corrected chi connectivity index (χ3v) is 5.57. The van der Waals surface area contributed by atoms with Crippen molar-refractivity contribution in [3.63, 3.8) is 0 Å². The minimum atomic E-state index is -0.208. The van der Waals surface area contributed by atoms with Crippen LogP contribution in [-0.4, -0.2) is 29.8 Å². The van der Waals surface area contributed by atoms with Crippen LogP contribution in [0, 0.1) is 23.7 Å². The van der Waals surface area contributed by atoms with Crippen LogP contribution in [0.3, 0.4) is 0 Å². The Balaban J connectivity index is 1.48. The molecule has 1 aliphatic heterocycles. The van der Waals surface area contributed by atoms with Gasteiger partial charge < -0.3 is 10.6 Å². The minimum absolute atomic E-state index is 0.0217. The van der Waals surface area contributed by atoms with Gasteiger partial charge in [-0.1, -0.05) is 6.42 Å². The first-order chi connectivity index (χ1) is 9.13. The molecule has 0 radical (unpaired) electrons. The summed E-state index contributed by atoms with van der Waals surface area (Å²) in [6.07, 6.45) is 7.60. The topological polar surface area (TPSA) is 63.4 Å². The maximum atomic E-state index is 12.3. The van der Waals surface area contributed by atoms with E-state index in [1.807, 2.05) is 4.90 Å². The van der Waals surface area contributed by atoms with Gasteiger partial charge in [-0.15, -0.1) is 0 Å². The molecule has 3 fully saturated rings. The molecule has 0 spiro atoms. The SMILES string of the molecule is NC(=O)C1CCN(C(=O)C[C@@H]2C[C@H]3CC[C@@H]2C3)CC1. The van der Waals surface area contributed by atoms with Crippen molar-refractivity contribution < 1.29 is 9.59 Å². The molecular formula is C15H24N2O2. The molecule has 0 aromatic carbocycles. The van der Waals surface area contributed by atoms with Gasteiger partial charge in [0.1, 0.15) is 0 Å². The molecule has 0 unspecified atom stereocenters. The van der Waals surface area contributed by atoms with E-state index < -0.39 is 0 Å². The van der Waals surface area contributed by atoms with Crippen molar-refractivity contribution in [1.29, 1.82) is 0 Å². The Hall–Kier alpha value is -1.06. The number of hydrogen-bond donors (Lipinski definition) is 1. The Morgan fingerprint density at radius 3 is 2.32 bits per heavy atom. The zero-order chi connectivity index (χ0) is 13.4. The third-order valence-electron chi connectivity index (χ3n) is 5.57. The predicted molar refractivity (Wildman–Crippen MR) is 72.1 cm³/mol. The van der Waals surface area contributed by atoms with Gasteiger partial charge in [0.15, 0.2) is 0 Å². The van der Waals surface area contributed by atoms with Crippen LogP contribution >= 0.6 is 0 Å². The summed E-state index contributed by atoms with van der Waals surface area (Å²) in [6, 6.07) is 0. The molecule has 3 rings (SSSR count). The summed E-state index contributed by atoms with van der Waals surface area (Å²) in [4.78, 5) is 25.4. The molecule has 2 amide bonds. The van der Waals surface area contributed by atoms with E-state index in [1.165, 1.54) is 25.7 Å². The van der Waals surface area contributed by atoms with Crippen LogP contribution in [-0.2, 0) is 9.59 Å².